The fraction of sp³-hybridized carbons (Fsp3) is 0.600. The summed E-state index contributed by atoms with van der Waals surface area (Å²) in [6.07, 6.45) is 4.09. The Labute approximate surface area is 102 Å². The molecule has 1 aliphatic rings. The van der Waals surface area contributed by atoms with Gasteiger partial charge in [-0.3, -0.25) is 0 Å². The monoisotopic (exact) mass is 291 g/mol. The zero-order chi connectivity index (χ0) is 9.80. The summed E-state index contributed by atoms with van der Waals surface area (Å²) in [5.41, 5.74) is 0. The number of halogens is 1. The highest BCUT2D eigenvalue weighted by Crippen LogP contribution is 2.31. The molecule has 1 aromatic rings. The van der Waals surface area contributed by atoms with E-state index in [0.717, 1.165) is 6.04 Å². The fourth-order valence-electron chi connectivity index (χ4n) is 1.62. The van der Waals surface area contributed by atoms with Crippen molar-refractivity contribution < 1.29 is 0 Å². The van der Waals surface area contributed by atoms with Gasteiger partial charge in [-0.15, -0.1) is 23.1 Å². The van der Waals surface area contributed by atoms with Gasteiger partial charge in [0.2, 0.25) is 0 Å². The molecule has 0 aliphatic carbocycles. The van der Waals surface area contributed by atoms with E-state index in [2.05, 4.69) is 33.4 Å². The minimum Gasteiger partial charge on any atom is -0.313 e. The van der Waals surface area contributed by atoms with Crippen LogP contribution in [0.25, 0.3) is 0 Å². The van der Waals surface area contributed by atoms with Gasteiger partial charge in [-0.05, 0) is 47.4 Å². The number of thiophene rings is 1. The number of thioether (sulfide) groups is 1. The SMILES string of the molecule is Brc1ccc(SCC2CCCCN2)s1. The second-order valence-electron chi connectivity index (χ2n) is 3.52. The lowest BCUT2D eigenvalue weighted by Crippen LogP contribution is -2.35. The van der Waals surface area contributed by atoms with Crippen molar-refractivity contribution in [3.05, 3.63) is 15.9 Å². The number of rotatable bonds is 3. The van der Waals surface area contributed by atoms with Crippen LogP contribution in [0, 0.1) is 0 Å². The maximum Gasteiger partial charge on any atom is 0.0710 e. The van der Waals surface area contributed by atoms with Crippen molar-refractivity contribution in [1.82, 2.24) is 5.32 Å². The lowest BCUT2D eigenvalue weighted by molar-refractivity contribution is 0.430. The standard InChI is InChI=1S/C10H14BrNS2/c11-9-4-5-10(14-9)13-7-8-3-1-2-6-12-8/h4-5,8,12H,1-3,6-7H2. The van der Waals surface area contributed by atoms with Crippen LogP contribution in [0.5, 0.6) is 0 Å². The molecular weight excluding hydrogens is 278 g/mol. The Kier molecular flexibility index (Phi) is 4.35. The largest absolute Gasteiger partial charge is 0.313 e. The van der Waals surface area contributed by atoms with Crippen molar-refractivity contribution in [3.8, 4) is 0 Å². The van der Waals surface area contributed by atoms with E-state index >= 15 is 0 Å². The third-order valence-electron chi connectivity index (χ3n) is 2.39. The van der Waals surface area contributed by atoms with Crippen LogP contribution in [-0.2, 0) is 0 Å². The van der Waals surface area contributed by atoms with Crippen molar-refractivity contribution in [3.63, 3.8) is 0 Å². The Morgan fingerprint density at radius 2 is 2.43 bits per heavy atom. The topological polar surface area (TPSA) is 12.0 Å². The van der Waals surface area contributed by atoms with E-state index in [4.69, 9.17) is 0 Å². The van der Waals surface area contributed by atoms with E-state index in [9.17, 15) is 0 Å². The van der Waals surface area contributed by atoms with Crippen LogP contribution in [0.1, 0.15) is 19.3 Å². The molecule has 0 radical (unpaired) electrons. The molecule has 4 heteroatoms. The number of nitrogens with one attached hydrogen (secondary N) is 1. The molecule has 0 bridgehead atoms. The van der Waals surface area contributed by atoms with E-state index in [0.29, 0.717) is 0 Å². The summed E-state index contributed by atoms with van der Waals surface area (Å²) in [6, 6.07) is 5.05. The molecule has 14 heavy (non-hydrogen) atoms. The van der Waals surface area contributed by atoms with Gasteiger partial charge in [0.1, 0.15) is 0 Å². The maximum atomic E-state index is 3.57. The number of piperidine rings is 1. The van der Waals surface area contributed by atoms with E-state index in [1.807, 2.05) is 23.1 Å². The summed E-state index contributed by atoms with van der Waals surface area (Å²) >= 11 is 7.29. The zero-order valence-electron chi connectivity index (χ0n) is 7.96. The van der Waals surface area contributed by atoms with Gasteiger partial charge in [-0.2, -0.15) is 0 Å². The summed E-state index contributed by atoms with van der Waals surface area (Å²) in [5.74, 6) is 1.22. The molecule has 1 fully saturated rings. The third kappa shape index (κ3) is 3.26. The molecule has 78 valence electrons. The first kappa shape index (κ1) is 11.0. The van der Waals surface area contributed by atoms with Crippen molar-refractivity contribution in [2.24, 2.45) is 0 Å². The highest BCUT2D eigenvalue weighted by Gasteiger charge is 2.12. The first-order valence-corrected chi connectivity index (χ1v) is 7.55. The van der Waals surface area contributed by atoms with Crippen LogP contribution >= 0.6 is 39.0 Å². The van der Waals surface area contributed by atoms with Crippen LogP contribution in [0.4, 0.5) is 0 Å². The van der Waals surface area contributed by atoms with Crippen LogP contribution in [0.15, 0.2) is 20.1 Å². The van der Waals surface area contributed by atoms with E-state index < -0.39 is 0 Å². The average molecular weight is 292 g/mol. The minimum atomic E-state index is 0.731. The Balaban J connectivity index is 1.76. The molecule has 1 aromatic heterocycles. The predicted octanol–water partition coefficient (Wildman–Crippen LogP) is 3.74. The van der Waals surface area contributed by atoms with Gasteiger partial charge >= 0.3 is 0 Å². The first-order valence-electron chi connectivity index (χ1n) is 4.96. The van der Waals surface area contributed by atoms with Gasteiger partial charge in [0.05, 0.1) is 8.00 Å². The maximum absolute atomic E-state index is 3.57. The summed E-state index contributed by atoms with van der Waals surface area (Å²) in [4.78, 5) is 0. The van der Waals surface area contributed by atoms with Gasteiger partial charge in [0, 0.05) is 11.8 Å². The lowest BCUT2D eigenvalue weighted by atomic mass is 10.1. The fourth-order valence-corrected chi connectivity index (χ4v) is 4.59. The van der Waals surface area contributed by atoms with Crippen LogP contribution in [0.3, 0.4) is 0 Å². The molecule has 1 nitrogen and oxygen atoms in total. The van der Waals surface area contributed by atoms with Crippen molar-refractivity contribution >= 4 is 39.0 Å². The first-order chi connectivity index (χ1) is 6.84. The Bertz CT molecular complexity index is 281. The third-order valence-corrected chi connectivity index (χ3v) is 5.40. The zero-order valence-corrected chi connectivity index (χ0v) is 11.2. The van der Waals surface area contributed by atoms with Gasteiger partial charge < -0.3 is 5.32 Å². The number of hydrogen-bond donors (Lipinski definition) is 1. The molecule has 1 saturated heterocycles. The van der Waals surface area contributed by atoms with E-state index in [1.165, 1.54) is 39.6 Å². The lowest BCUT2D eigenvalue weighted by Gasteiger charge is -2.22. The molecular formula is C10H14BrNS2. The summed E-state index contributed by atoms with van der Waals surface area (Å²) in [6.45, 7) is 1.21. The van der Waals surface area contributed by atoms with Gasteiger partial charge in [-0.1, -0.05) is 6.42 Å². The molecule has 1 aliphatic heterocycles. The van der Waals surface area contributed by atoms with Gasteiger partial charge in [0.15, 0.2) is 0 Å². The summed E-state index contributed by atoms with van der Waals surface area (Å²) < 4.78 is 2.65. The quantitative estimate of drug-likeness (QED) is 0.852. The molecule has 0 aromatic carbocycles. The molecule has 2 heterocycles. The summed E-state index contributed by atoms with van der Waals surface area (Å²) in [5, 5.41) is 3.57. The van der Waals surface area contributed by atoms with Crippen LogP contribution in [0.2, 0.25) is 0 Å². The number of hydrogen-bond acceptors (Lipinski definition) is 3. The highest BCUT2D eigenvalue weighted by atomic mass is 79.9. The summed E-state index contributed by atoms with van der Waals surface area (Å²) in [7, 11) is 0. The normalized spacial score (nSPS) is 22.5. The van der Waals surface area contributed by atoms with Crippen LogP contribution < -0.4 is 5.32 Å². The smallest absolute Gasteiger partial charge is 0.0710 e. The van der Waals surface area contributed by atoms with Crippen molar-refractivity contribution in [2.75, 3.05) is 12.3 Å². The Hall–Kier alpha value is 0.490. The second kappa shape index (κ2) is 5.54. The van der Waals surface area contributed by atoms with Gasteiger partial charge in [0.25, 0.3) is 0 Å². The molecule has 1 N–H and O–H groups in total. The minimum absolute atomic E-state index is 0.731. The van der Waals surface area contributed by atoms with Crippen LogP contribution in [-0.4, -0.2) is 18.3 Å². The average Bonchev–Trinajstić information content (AvgIpc) is 2.63. The molecule has 0 amide bonds. The van der Waals surface area contributed by atoms with E-state index in [-0.39, 0.29) is 0 Å². The molecule has 0 spiro atoms. The molecule has 2 rings (SSSR count). The second-order valence-corrected chi connectivity index (χ2v) is 7.30. The molecule has 1 atom stereocenters. The van der Waals surface area contributed by atoms with Gasteiger partial charge in [-0.25, -0.2) is 0 Å². The Morgan fingerprint density at radius 1 is 1.50 bits per heavy atom. The molecule has 1 unspecified atom stereocenters. The highest BCUT2D eigenvalue weighted by molar-refractivity contribution is 9.11. The molecule has 0 saturated carbocycles. The predicted molar refractivity (Wildman–Crippen MR) is 68.4 cm³/mol. The van der Waals surface area contributed by atoms with Crippen molar-refractivity contribution in [1.29, 1.82) is 0 Å². The van der Waals surface area contributed by atoms with Crippen molar-refractivity contribution in [2.45, 2.75) is 29.5 Å². The Morgan fingerprint density at radius 3 is 3.07 bits per heavy atom. The van der Waals surface area contributed by atoms with E-state index in [1.54, 1.807) is 0 Å².